The molecule has 2 aromatic carbocycles. The monoisotopic (exact) mass is 269 g/mol. The minimum atomic E-state index is -0.910. The third-order valence-electron chi connectivity index (χ3n) is 3.44. The maximum atomic E-state index is 11.3. The van der Waals surface area contributed by atoms with Gasteiger partial charge >= 0.3 is 5.97 Å². The van der Waals surface area contributed by atoms with Crippen molar-refractivity contribution >= 4 is 11.7 Å². The molecule has 0 spiro atoms. The largest absolute Gasteiger partial charge is 0.478 e. The standard InChI is InChI=1S/C17H19NO2/c1-11-7-9-14(10-8-11)13(3)18-16-12(2)5-4-6-15(16)17(19)20/h4-10,13,18H,1-3H3,(H,19,20). The van der Waals surface area contributed by atoms with Crippen molar-refractivity contribution < 1.29 is 9.90 Å². The molecule has 2 N–H and O–H groups in total. The Balaban J connectivity index is 2.30. The van der Waals surface area contributed by atoms with Gasteiger partial charge in [0, 0.05) is 6.04 Å². The number of rotatable bonds is 4. The Bertz CT molecular complexity index is 617. The third kappa shape index (κ3) is 2.99. The Hall–Kier alpha value is -2.29. The van der Waals surface area contributed by atoms with E-state index in [0.29, 0.717) is 11.3 Å². The van der Waals surface area contributed by atoms with Crippen LogP contribution in [0.1, 0.15) is 40.0 Å². The molecule has 0 aromatic heterocycles. The van der Waals surface area contributed by atoms with Crippen molar-refractivity contribution in [1.82, 2.24) is 0 Å². The van der Waals surface area contributed by atoms with Crippen LogP contribution in [-0.4, -0.2) is 11.1 Å². The SMILES string of the molecule is Cc1ccc(C(C)Nc2c(C)cccc2C(=O)O)cc1. The van der Waals surface area contributed by atoms with Crippen molar-refractivity contribution in [2.75, 3.05) is 5.32 Å². The minimum Gasteiger partial charge on any atom is -0.478 e. The van der Waals surface area contributed by atoms with Gasteiger partial charge in [-0.2, -0.15) is 0 Å². The molecule has 1 unspecified atom stereocenters. The molecular weight excluding hydrogens is 250 g/mol. The van der Waals surface area contributed by atoms with Gasteiger partial charge in [0.05, 0.1) is 11.3 Å². The number of aromatic carboxylic acids is 1. The van der Waals surface area contributed by atoms with E-state index in [-0.39, 0.29) is 6.04 Å². The zero-order valence-electron chi connectivity index (χ0n) is 12.0. The Labute approximate surface area is 119 Å². The summed E-state index contributed by atoms with van der Waals surface area (Å²) in [5.74, 6) is -0.910. The fraction of sp³-hybridized carbons (Fsp3) is 0.235. The third-order valence-corrected chi connectivity index (χ3v) is 3.44. The van der Waals surface area contributed by atoms with Crippen LogP contribution in [-0.2, 0) is 0 Å². The highest BCUT2D eigenvalue weighted by Crippen LogP contribution is 2.26. The summed E-state index contributed by atoms with van der Waals surface area (Å²) < 4.78 is 0. The van der Waals surface area contributed by atoms with Crippen LogP contribution in [0.2, 0.25) is 0 Å². The maximum absolute atomic E-state index is 11.3. The van der Waals surface area contributed by atoms with Crippen molar-refractivity contribution in [2.24, 2.45) is 0 Å². The zero-order chi connectivity index (χ0) is 14.7. The smallest absolute Gasteiger partial charge is 0.337 e. The van der Waals surface area contributed by atoms with E-state index in [2.05, 4.69) is 29.6 Å². The summed E-state index contributed by atoms with van der Waals surface area (Å²) in [5, 5.41) is 12.6. The highest BCUT2D eigenvalue weighted by Gasteiger charge is 2.14. The second-order valence-corrected chi connectivity index (χ2v) is 5.08. The van der Waals surface area contributed by atoms with Crippen LogP contribution in [0, 0.1) is 13.8 Å². The molecular formula is C17H19NO2. The van der Waals surface area contributed by atoms with Crippen molar-refractivity contribution in [3.05, 3.63) is 64.7 Å². The van der Waals surface area contributed by atoms with Crippen LogP contribution in [0.5, 0.6) is 0 Å². The number of aryl methyl sites for hydroxylation is 2. The molecule has 104 valence electrons. The van der Waals surface area contributed by atoms with Gasteiger partial charge in [-0.25, -0.2) is 4.79 Å². The molecule has 0 radical (unpaired) electrons. The molecule has 0 saturated carbocycles. The lowest BCUT2D eigenvalue weighted by atomic mass is 10.0. The summed E-state index contributed by atoms with van der Waals surface area (Å²) in [5.41, 5.74) is 4.28. The number of nitrogens with one attached hydrogen (secondary N) is 1. The predicted molar refractivity (Wildman–Crippen MR) is 81.4 cm³/mol. The summed E-state index contributed by atoms with van der Waals surface area (Å²) in [6.07, 6.45) is 0. The van der Waals surface area contributed by atoms with Gasteiger partial charge in [0.1, 0.15) is 0 Å². The second-order valence-electron chi connectivity index (χ2n) is 5.08. The fourth-order valence-electron chi connectivity index (χ4n) is 2.19. The zero-order valence-corrected chi connectivity index (χ0v) is 12.0. The average Bonchev–Trinajstić information content (AvgIpc) is 2.41. The van der Waals surface area contributed by atoms with Gasteiger partial charge in [-0.05, 0) is 38.0 Å². The van der Waals surface area contributed by atoms with Crippen molar-refractivity contribution in [1.29, 1.82) is 0 Å². The van der Waals surface area contributed by atoms with Crippen LogP contribution in [0.3, 0.4) is 0 Å². The Morgan fingerprint density at radius 3 is 2.35 bits per heavy atom. The first-order valence-electron chi connectivity index (χ1n) is 6.65. The fourth-order valence-corrected chi connectivity index (χ4v) is 2.19. The minimum absolute atomic E-state index is 0.0507. The van der Waals surface area contributed by atoms with Gasteiger partial charge in [-0.1, -0.05) is 42.0 Å². The lowest BCUT2D eigenvalue weighted by molar-refractivity contribution is 0.0698. The number of carboxylic acids is 1. The number of benzene rings is 2. The average molecular weight is 269 g/mol. The van der Waals surface area contributed by atoms with Crippen LogP contribution in [0.25, 0.3) is 0 Å². The lowest BCUT2D eigenvalue weighted by Gasteiger charge is -2.19. The highest BCUT2D eigenvalue weighted by atomic mass is 16.4. The lowest BCUT2D eigenvalue weighted by Crippen LogP contribution is -2.12. The molecule has 0 amide bonds. The first-order valence-corrected chi connectivity index (χ1v) is 6.65. The summed E-state index contributed by atoms with van der Waals surface area (Å²) in [7, 11) is 0. The Morgan fingerprint density at radius 2 is 1.75 bits per heavy atom. The maximum Gasteiger partial charge on any atom is 0.337 e. The molecule has 2 aromatic rings. The van der Waals surface area contributed by atoms with Gasteiger partial charge in [-0.3, -0.25) is 0 Å². The Kier molecular flexibility index (Phi) is 4.08. The summed E-state index contributed by atoms with van der Waals surface area (Å²) in [6.45, 7) is 5.99. The number of hydrogen-bond acceptors (Lipinski definition) is 2. The van der Waals surface area contributed by atoms with E-state index < -0.39 is 5.97 Å². The van der Waals surface area contributed by atoms with E-state index in [1.54, 1.807) is 12.1 Å². The van der Waals surface area contributed by atoms with Crippen LogP contribution >= 0.6 is 0 Å². The molecule has 0 aliphatic heterocycles. The van der Waals surface area contributed by atoms with Gasteiger partial charge in [0.2, 0.25) is 0 Å². The molecule has 20 heavy (non-hydrogen) atoms. The first kappa shape index (κ1) is 14.1. The van der Waals surface area contributed by atoms with Gasteiger partial charge in [0.15, 0.2) is 0 Å². The summed E-state index contributed by atoms with van der Waals surface area (Å²) >= 11 is 0. The summed E-state index contributed by atoms with van der Waals surface area (Å²) in [4.78, 5) is 11.3. The number of carbonyl (C=O) groups is 1. The molecule has 0 saturated heterocycles. The number of para-hydroxylation sites is 1. The van der Waals surface area contributed by atoms with E-state index in [0.717, 1.165) is 11.1 Å². The molecule has 2 rings (SSSR count). The first-order chi connectivity index (χ1) is 9.49. The molecule has 1 atom stereocenters. The van der Waals surface area contributed by atoms with Crippen molar-refractivity contribution in [2.45, 2.75) is 26.8 Å². The van der Waals surface area contributed by atoms with Crippen LogP contribution in [0.4, 0.5) is 5.69 Å². The number of hydrogen-bond donors (Lipinski definition) is 2. The van der Waals surface area contributed by atoms with E-state index in [9.17, 15) is 9.90 Å². The number of anilines is 1. The normalized spacial score (nSPS) is 11.9. The van der Waals surface area contributed by atoms with Crippen molar-refractivity contribution in [3.8, 4) is 0 Å². The summed E-state index contributed by atoms with van der Waals surface area (Å²) in [6, 6.07) is 13.6. The highest BCUT2D eigenvalue weighted by molar-refractivity contribution is 5.95. The van der Waals surface area contributed by atoms with E-state index in [1.807, 2.05) is 26.8 Å². The predicted octanol–water partition coefficient (Wildman–Crippen LogP) is 4.17. The molecule has 0 fully saturated rings. The Morgan fingerprint density at radius 1 is 1.10 bits per heavy atom. The van der Waals surface area contributed by atoms with Gasteiger partial charge in [0.25, 0.3) is 0 Å². The van der Waals surface area contributed by atoms with Gasteiger partial charge < -0.3 is 10.4 Å². The molecule has 0 bridgehead atoms. The quantitative estimate of drug-likeness (QED) is 0.875. The van der Waals surface area contributed by atoms with Gasteiger partial charge in [-0.15, -0.1) is 0 Å². The molecule has 3 heteroatoms. The van der Waals surface area contributed by atoms with Crippen LogP contribution < -0.4 is 5.32 Å². The molecule has 3 nitrogen and oxygen atoms in total. The van der Waals surface area contributed by atoms with E-state index >= 15 is 0 Å². The topological polar surface area (TPSA) is 49.3 Å². The molecule has 0 aliphatic carbocycles. The van der Waals surface area contributed by atoms with Crippen LogP contribution in [0.15, 0.2) is 42.5 Å². The van der Waals surface area contributed by atoms with Crippen molar-refractivity contribution in [3.63, 3.8) is 0 Å². The van der Waals surface area contributed by atoms with E-state index in [1.165, 1.54) is 5.56 Å². The molecule has 0 heterocycles. The van der Waals surface area contributed by atoms with E-state index in [4.69, 9.17) is 0 Å². The second kappa shape index (κ2) is 5.78. The number of carboxylic acid groups (broad SMARTS) is 1. The molecule has 0 aliphatic rings.